The molecule has 0 spiro atoms. The number of benzene rings is 1. The Labute approximate surface area is 188 Å². The number of nitrogens with zero attached hydrogens (tertiary/aromatic N) is 3. The van der Waals surface area contributed by atoms with Crippen molar-refractivity contribution >= 4 is 11.6 Å². The molecule has 1 heterocycles. The molecule has 3 rings (SSSR count). The lowest BCUT2D eigenvalue weighted by atomic mass is 9.67. The highest BCUT2D eigenvalue weighted by Crippen LogP contribution is 2.43. The molecule has 1 aromatic rings. The van der Waals surface area contributed by atoms with E-state index in [-0.39, 0.29) is 0 Å². The number of nitrogens with one attached hydrogen (secondary N) is 2. The monoisotopic (exact) mass is 431 g/mol. The average molecular weight is 432 g/mol. The van der Waals surface area contributed by atoms with Crippen molar-refractivity contribution in [2.24, 2.45) is 10.4 Å². The second-order valence-electron chi connectivity index (χ2n) is 8.83. The van der Waals surface area contributed by atoms with Crippen LogP contribution in [0.1, 0.15) is 32.1 Å². The molecular weight excluding hydrogens is 390 g/mol. The first-order valence-corrected chi connectivity index (χ1v) is 11.7. The summed E-state index contributed by atoms with van der Waals surface area (Å²) in [5.41, 5.74) is 1.68. The Kier molecular flexibility index (Phi) is 9.28. The van der Waals surface area contributed by atoms with Crippen LogP contribution in [0.15, 0.2) is 29.3 Å². The van der Waals surface area contributed by atoms with E-state index < -0.39 is 0 Å². The number of methoxy groups -OCH3 is 2. The largest absolute Gasteiger partial charge is 0.497 e. The van der Waals surface area contributed by atoms with Crippen LogP contribution in [-0.4, -0.2) is 84.5 Å². The third kappa shape index (κ3) is 7.01. The molecule has 2 N–H and O–H groups in total. The topological polar surface area (TPSA) is 61.4 Å². The van der Waals surface area contributed by atoms with Crippen LogP contribution in [0.3, 0.4) is 0 Å². The lowest BCUT2D eigenvalue weighted by Gasteiger charge is -2.42. The van der Waals surface area contributed by atoms with Crippen LogP contribution in [0.25, 0.3) is 0 Å². The number of piperazine rings is 1. The highest BCUT2D eigenvalue weighted by molar-refractivity contribution is 5.79. The maximum Gasteiger partial charge on any atom is 0.190 e. The molecule has 1 aliphatic carbocycles. The zero-order valence-corrected chi connectivity index (χ0v) is 19.7. The molecule has 0 atom stereocenters. The molecule has 0 unspecified atom stereocenters. The van der Waals surface area contributed by atoms with Crippen LogP contribution in [0.4, 0.5) is 5.69 Å². The first kappa shape index (κ1) is 23.7. The second-order valence-corrected chi connectivity index (χ2v) is 8.83. The van der Waals surface area contributed by atoms with Gasteiger partial charge in [0, 0.05) is 65.7 Å². The summed E-state index contributed by atoms with van der Waals surface area (Å²) in [4.78, 5) is 9.42. The zero-order chi connectivity index (χ0) is 21.9. The normalized spacial score (nSPS) is 19.1. The third-order valence-corrected chi connectivity index (χ3v) is 6.86. The van der Waals surface area contributed by atoms with Crippen LogP contribution in [-0.2, 0) is 4.74 Å². The smallest absolute Gasteiger partial charge is 0.190 e. The quantitative estimate of drug-likeness (QED) is 0.319. The third-order valence-electron chi connectivity index (χ3n) is 6.86. The summed E-state index contributed by atoms with van der Waals surface area (Å²) in [5, 5.41) is 7.04. The van der Waals surface area contributed by atoms with Gasteiger partial charge in [0.2, 0.25) is 0 Å². The van der Waals surface area contributed by atoms with E-state index in [1.54, 1.807) is 14.2 Å². The summed E-state index contributed by atoms with van der Waals surface area (Å²) in [6.45, 7) is 8.28. The first-order chi connectivity index (χ1) is 15.2. The van der Waals surface area contributed by atoms with Crippen LogP contribution in [0.2, 0.25) is 0 Å². The molecule has 1 aliphatic heterocycles. The van der Waals surface area contributed by atoms with Gasteiger partial charge in [-0.1, -0.05) is 6.42 Å². The molecule has 2 aliphatic rings. The van der Waals surface area contributed by atoms with Gasteiger partial charge in [-0.05, 0) is 61.9 Å². The van der Waals surface area contributed by atoms with Crippen molar-refractivity contribution in [1.29, 1.82) is 0 Å². The minimum absolute atomic E-state index is 0.400. The van der Waals surface area contributed by atoms with Crippen molar-refractivity contribution in [3.8, 4) is 5.75 Å². The van der Waals surface area contributed by atoms with E-state index in [4.69, 9.17) is 9.47 Å². The summed E-state index contributed by atoms with van der Waals surface area (Å²) in [7, 11) is 5.36. The molecule has 0 radical (unpaired) electrons. The number of aliphatic imine (C=N–C) groups is 1. The minimum atomic E-state index is 0.400. The number of hydrogen-bond donors (Lipinski definition) is 2. The number of anilines is 1. The second kappa shape index (κ2) is 12.2. The van der Waals surface area contributed by atoms with Gasteiger partial charge in [0.05, 0.1) is 7.11 Å². The molecule has 174 valence electrons. The fourth-order valence-corrected chi connectivity index (χ4v) is 4.53. The van der Waals surface area contributed by atoms with Gasteiger partial charge in [0.15, 0.2) is 5.96 Å². The Hall–Kier alpha value is -1.99. The number of hydrogen-bond acceptors (Lipinski definition) is 5. The van der Waals surface area contributed by atoms with E-state index >= 15 is 0 Å². The van der Waals surface area contributed by atoms with Crippen LogP contribution < -0.4 is 20.3 Å². The van der Waals surface area contributed by atoms with Crippen LogP contribution in [0.5, 0.6) is 5.75 Å². The Morgan fingerprint density at radius 1 is 1.06 bits per heavy atom. The fourth-order valence-electron chi connectivity index (χ4n) is 4.53. The van der Waals surface area contributed by atoms with E-state index in [9.17, 15) is 0 Å². The highest BCUT2D eigenvalue weighted by atomic mass is 16.5. The number of ether oxygens (including phenoxy) is 2. The van der Waals surface area contributed by atoms with Crippen molar-refractivity contribution in [2.75, 3.05) is 78.6 Å². The van der Waals surface area contributed by atoms with E-state index in [1.165, 1.54) is 24.9 Å². The van der Waals surface area contributed by atoms with Gasteiger partial charge in [-0.25, -0.2) is 0 Å². The molecule has 0 aromatic heterocycles. The summed E-state index contributed by atoms with van der Waals surface area (Å²) in [6.07, 6.45) is 6.18. The molecule has 1 saturated carbocycles. The van der Waals surface area contributed by atoms with Crippen molar-refractivity contribution in [3.63, 3.8) is 0 Å². The Morgan fingerprint density at radius 2 is 1.81 bits per heavy atom. The summed E-state index contributed by atoms with van der Waals surface area (Å²) in [5.74, 6) is 1.84. The van der Waals surface area contributed by atoms with E-state index in [1.807, 2.05) is 19.2 Å². The lowest BCUT2D eigenvalue weighted by Crippen LogP contribution is -2.48. The SMILES string of the molecule is CN=C(NCCCN1CCN(c2ccc(OC)cc2)CC1)NCC1(CCOC)CCC1. The lowest BCUT2D eigenvalue weighted by molar-refractivity contribution is 0.0732. The first-order valence-electron chi connectivity index (χ1n) is 11.7. The zero-order valence-electron chi connectivity index (χ0n) is 19.7. The number of guanidine groups is 1. The molecule has 7 heteroatoms. The van der Waals surface area contributed by atoms with Crippen LogP contribution >= 0.6 is 0 Å². The molecular formula is C24H41N5O2. The molecule has 7 nitrogen and oxygen atoms in total. The predicted molar refractivity (Wildman–Crippen MR) is 128 cm³/mol. The highest BCUT2D eigenvalue weighted by Gasteiger charge is 2.36. The Bertz CT molecular complexity index is 667. The van der Waals surface area contributed by atoms with Gasteiger partial charge >= 0.3 is 0 Å². The minimum Gasteiger partial charge on any atom is -0.497 e. The van der Waals surface area contributed by atoms with Crippen molar-refractivity contribution in [2.45, 2.75) is 32.1 Å². The average Bonchev–Trinajstić information content (AvgIpc) is 2.80. The van der Waals surface area contributed by atoms with Crippen molar-refractivity contribution < 1.29 is 9.47 Å². The molecule has 1 aromatic carbocycles. The van der Waals surface area contributed by atoms with Gasteiger partial charge in [-0.3, -0.25) is 9.89 Å². The van der Waals surface area contributed by atoms with Gasteiger partial charge in [0.25, 0.3) is 0 Å². The van der Waals surface area contributed by atoms with Crippen LogP contribution in [0, 0.1) is 5.41 Å². The van der Waals surface area contributed by atoms with Gasteiger partial charge in [-0.2, -0.15) is 0 Å². The maximum atomic E-state index is 5.30. The summed E-state index contributed by atoms with van der Waals surface area (Å²) >= 11 is 0. The fraction of sp³-hybridized carbons (Fsp3) is 0.708. The van der Waals surface area contributed by atoms with E-state index in [0.29, 0.717) is 5.41 Å². The molecule has 31 heavy (non-hydrogen) atoms. The molecule has 0 bridgehead atoms. The van der Waals surface area contributed by atoms with Gasteiger partial charge in [-0.15, -0.1) is 0 Å². The van der Waals surface area contributed by atoms with E-state index in [2.05, 4.69) is 37.6 Å². The van der Waals surface area contributed by atoms with E-state index in [0.717, 1.165) is 77.0 Å². The summed E-state index contributed by atoms with van der Waals surface area (Å²) in [6, 6.07) is 8.39. The predicted octanol–water partition coefficient (Wildman–Crippen LogP) is 2.58. The summed E-state index contributed by atoms with van der Waals surface area (Å²) < 4.78 is 10.6. The van der Waals surface area contributed by atoms with Gasteiger partial charge < -0.3 is 25.0 Å². The molecule has 0 amide bonds. The molecule has 1 saturated heterocycles. The standard InChI is InChI=1S/C24H41N5O2/c1-25-23(27-20-24(10-4-11-24)12-19-30-2)26-13-5-14-28-15-17-29(18-16-28)21-6-8-22(31-3)9-7-21/h6-9H,4-5,10-20H2,1-3H3,(H2,25,26,27). The molecule has 2 fully saturated rings. The van der Waals surface area contributed by atoms with Crippen molar-refractivity contribution in [3.05, 3.63) is 24.3 Å². The number of rotatable bonds is 11. The Morgan fingerprint density at radius 3 is 2.39 bits per heavy atom. The Balaban J connectivity index is 1.29. The van der Waals surface area contributed by atoms with Gasteiger partial charge in [0.1, 0.15) is 5.75 Å². The maximum absolute atomic E-state index is 5.30. The van der Waals surface area contributed by atoms with Crippen molar-refractivity contribution in [1.82, 2.24) is 15.5 Å².